The Hall–Kier alpha value is -1.60. The maximum absolute atomic E-state index is 5.06. The number of hydrogen-bond donors (Lipinski definition) is 0. The van der Waals surface area contributed by atoms with Crippen LogP contribution < -0.4 is 0 Å². The minimum absolute atomic E-state index is 0.882. The Morgan fingerprint density at radius 1 is 0.737 bits per heavy atom. The van der Waals surface area contributed by atoms with E-state index >= 15 is 0 Å². The van der Waals surface area contributed by atoms with Crippen LogP contribution in [0.4, 0.5) is 0 Å². The fourth-order valence-electron chi connectivity index (χ4n) is 2.25. The molecule has 0 atom stereocenters. The van der Waals surface area contributed by atoms with Crippen LogP contribution in [0.3, 0.4) is 0 Å². The quantitative estimate of drug-likeness (QED) is 0.650. The average molecular weight is 254 g/mol. The first kappa shape index (κ1) is 13.8. The van der Waals surface area contributed by atoms with Gasteiger partial charge in [0.05, 0.1) is 0 Å². The van der Waals surface area contributed by atoms with E-state index in [1.807, 2.05) is 0 Å². The van der Waals surface area contributed by atoms with E-state index in [1.54, 1.807) is 7.11 Å². The second-order valence-electron chi connectivity index (χ2n) is 4.87. The van der Waals surface area contributed by atoms with Gasteiger partial charge >= 0.3 is 0 Å². The Balaban J connectivity index is 1.85. The zero-order valence-corrected chi connectivity index (χ0v) is 11.6. The van der Waals surface area contributed by atoms with E-state index < -0.39 is 0 Å². The summed E-state index contributed by atoms with van der Waals surface area (Å²) in [7, 11) is 1.77. The molecule has 1 nitrogen and oxygen atoms in total. The van der Waals surface area contributed by atoms with E-state index in [9.17, 15) is 0 Å². The van der Waals surface area contributed by atoms with Crippen molar-refractivity contribution in [2.45, 2.75) is 25.7 Å². The molecule has 0 aliphatic rings. The smallest absolute Gasteiger partial charge is 0.0462 e. The topological polar surface area (TPSA) is 9.23 Å². The van der Waals surface area contributed by atoms with Crippen molar-refractivity contribution in [3.63, 3.8) is 0 Å². The number of rotatable bonds is 7. The summed E-state index contributed by atoms with van der Waals surface area (Å²) in [5, 5.41) is 0. The van der Waals surface area contributed by atoms with Gasteiger partial charge in [-0.1, -0.05) is 61.0 Å². The summed E-state index contributed by atoms with van der Waals surface area (Å²) in [6, 6.07) is 19.5. The lowest BCUT2D eigenvalue weighted by atomic mass is 10.0. The first-order chi connectivity index (χ1) is 9.40. The highest BCUT2D eigenvalue weighted by molar-refractivity contribution is 5.63. The lowest BCUT2D eigenvalue weighted by molar-refractivity contribution is 0.192. The normalized spacial score (nSPS) is 10.6. The first-order valence-electron chi connectivity index (χ1n) is 7.03. The number of aryl methyl sites for hydroxylation is 1. The van der Waals surface area contributed by atoms with Crippen molar-refractivity contribution in [2.75, 3.05) is 13.7 Å². The molecule has 0 N–H and O–H groups in total. The molecule has 100 valence electrons. The lowest BCUT2D eigenvalue weighted by Gasteiger charge is -2.05. The third-order valence-electron chi connectivity index (χ3n) is 3.37. The van der Waals surface area contributed by atoms with Crippen LogP contribution in [0.1, 0.15) is 24.8 Å². The summed E-state index contributed by atoms with van der Waals surface area (Å²) in [4.78, 5) is 0. The minimum atomic E-state index is 0.882. The standard InChI is InChI=1S/C18H22O/c1-19-15-7-3-4-8-16-11-13-18(14-12-16)17-9-5-2-6-10-17/h2,5-6,9-14H,3-4,7-8,15H2,1H3. The van der Waals surface area contributed by atoms with Crippen molar-refractivity contribution < 1.29 is 4.74 Å². The number of methoxy groups -OCH3 is 1. The van der Waals surface area contributed by atoms with E-state index in [4.69, 9.17) is 4.74 Å². The maximum Gasteiger partial charge on any atom is 0.0462 e. The van der Waals surface area contributed by atoms with E-state index in [-0.39, 0.29) is 0 Å². The van der Waals surface area contributed by atoms with E-state index in [0.717, 1.165) is 6.61 Å². The molecular weight excluding hydrogens is 232 g/mol. The number of hydrogen-bond acceptors (Lipinski definition) is 1. The largest absolute Gasteiger partial charge is 0.385 e. The van der Waals surface area contributed by atoms with Gasteiger partial charge in [0.25, 0.3) is 0 Å². The van der Waals surface area contributed by atoms with Gasteiger partial charge in [-0.2, -0.15) is 0 Å². The molecule has 0 aliphatic carbocycles. The second-order valence-corrected chi connectivity index (χ2v) is 4.87. The summed E-state index contributed by atoms with van der Waals surface area (Å²) in [6.45, 7) is 0.882. The predicted octanol–water partition coefficient (Wildman–Crippen LogP) is 4.71. The van der Waals surface area contributed by atoms with Crippen LogP contribution in [0.25, 0.3) is 11.1 Å². The van der Waals surface area contributed by atoms with Gasteiger partial charge in [-0.3, -0.25) is 0 Å². The molecule has 0 aliphatic heterocycles. The summed E-state index contributed by atoms with van der Waals surface area (Å²) in [5.41, 5.74) is 4.01. The van der Waals surface area contributed by atoms with Crippen LogP contribution in [0.5, 0.6) is 0 Å². The highest BCUT2D eigenvalue weighted by Crippen LogP contribution is 2.19. The zero-order valence-electron chi connectivity index (χ0n) is 11.6. The molecule has 0 radical (unpaired) electrons. The van der Waals surface area contributed by atoms with E-state index in [0.29, 0.717) is 0 Å². The Labute approximate surface area is 116 Å². The summed E-state index contributed by atoms with van der Waals surface area (Å²) in [5.74, 6) is 0. The average Bonchev–Trinajstić information content (AvgIpc) is 2.49. The third kappa shape index (κ3) is 4.53. The Kier molecular flexibility index (Phi) is 5.64. The molecule has 0 amide bonds. The SMILES string of the molecule is COCCCCCc1ccc(-c2ccccc2)cc1. The molecule has 19 heavy (non-hydrogen) atoms. The van der Waals surface area contributed by atoms with Gasteiger partial charge < -0.3 is 4.74 Å². The van der Waals surface area contributed by atoms with E-state index in [1.165, 1.54) is 42.4 Å². The van der Waals surface area contributed by atoms with Crippen molar-refractivity contribution in [3.8, 4) is 11.1 Å². The summed E-state index contributed by atoms with van der Waals surface area (Å²) in [6.07, 6.45) is 4.82. The van der Waals surface area contributed by atoms with Gasteiger partial charge in [0.1, 0.15) is 0 Å². The van der Waals surface area contributed by atoms with Crippen molar-refractivity contribution in [1.82, 2.24) is 0 Å². The summed E-state index contributed by atoms with van der Waals surface area (Å²) < 4.78 is 5.06. The predicted molar refractivity (Wildman–Crippen MR) is 81.3 cm³/mol. The van der Waals surface area contributed by atoms with Gasteiger partial charge in [0.15, 0.2) is 0 Å². The minimum Gasteiger partial charge on any atom is -0.385 e. The van der Waals surface area contributed by atoms with Gasteiger partial charge in [-0.05, 0) is 36.0 Å². The van der Waals surface area contributed by atoms with Crippen LogP contribution in [-0.4, -0.2) is 13.7 Å². The number of benzene rings is 2. The van der Waals surface area contributed by atoms with Gasteiger partial charge in [-0.25, -0.2) is 0 Å². The summed E-state index contributed by atoms with van der Waals surface area (Å²) >= 11 is 0. The molecular formula is C18H22O. The molecule has 0 saturated heterocycles. The van der Waals surface area contributed by atoms with Crippen molar-refractivity contribution >= 4 is 0 Å². The molecule has 0 bridgehead atoms. The Bertz CT molecular complexity index is 459. The maximum atomic E-state index is 5.06. The Morgan fingerprint density at radius 2 is 1.42 bits per heavy atom. The second kappa shape index (κ2) is 7.75. The van der Waals surface area contributed by atoms with Crippen LogP contribution in [-0.2, 0) is 11.2 Å². The van der Waals surface area contributed by atoms with Gasteiger partial charge in [0.2, 0.25) is 0 Å². The molecule has 2 aromatic carbocycles. The molecule has 2 aromatic rings. The molecule has 2 rings (SSSR count). The molecule has 1 heteroatoms. The van der Waals surface area contributed by atoms with Gasteiger partial charge in [-0.15, -0.1) is 0 Å². The molecule has 0 unspecified atom stereocenters. The number of ether oxygens (including phenoxy) is 1. The molecule has 0 aromatic heterocycles. The third-order valence-corrected chi connectivity index (χ3v) is 3.37. The van der Waals surface area contributed by atoms with Crippen LogP contribution >= 0.6 is 0 Å². The highest BCUT2D eigenvalue weighted by Gasteiger charge is 1.97. The molecule has 0 fully saturated rings. The molecule has 0 spiro atoms. The number of unbranched alkanes of at least 4 members (excludes halogenated alkanes) is 2. The molecule has 0 saturated carbocycles. The van der Waals surface area contributed by atoms with Gasteiger partial charge in [0, 0.05) is 13.7 Å². The van der Waals surface area contributed by atoms with Crippen LogP contribution in [0.15, 0.2) is 54.6 Å². The van der Waals surface area contributed by atoms with Crippen LogP contribution in [0.2, 0.25) is 0 Å². The monoisotopic (exact) mass is 254 g/mol. The van der Waals surface area contributed by atoms with Crippen LogP contribution in [0, 0.1) is 0 Å². The highest BCUT2D eigenvalue weighted by atomic mass is 16.5. The Morgan fingerprint density at radius 3 is 2.11 bits per heavy atom. The van der Waals surface area contributed by atoms with Crippen molar-refractivity contribution in [3.05, 3.63) is 60.2 Å². The fraction of sp³-hybridized carbons (Fsp3) is 0.333. The zero-order chi connectivity index (χ0) is 13.3. The molecule has 0 heterocycles. The van der Waals surface area contributed by atoms with E-state index in [2.05, 4.69) is 54.6 Å². The first-order valence-corrected chi connectivity index (χ1v) is 7.03. The van der Waals surface area contributed by atoms with Crippen molar-refractivity contribution in [2.24, 2.45) is 0 Å². The van der Waals surface area contributed by atoms with Crippen molar-refractivity contribution in [1.29, 1.82) is 0 Å². The fourth-order valence-corrected chi connectivity index (χ4v) is 2.25. The lowest BCUT2D eigenvalue weighted by Crippen LogP contribution is -1.90.